The van der Waals surface area contributed by atoms with Crippen molar-refractivity contribution in [3.05, 3.63) is 144 Å². The number of aryl methyl sites for hydroxylation is 1. The van der Waals surface area contributed by atoms with Gasteiger partial charge in [-0.3, -0.25) is 4.68 Å². The highest BCUT2D eigenvalue weighted by Crippen LogP contribution is 2.42. The number of hydrogen-bond acceptors (Lipinski definition) is 7. The van der Waals surface area contributed by atoms with Gasteiger partial charge in [0.1, 0.15) is 36.6 Å². The number of pyridine rings is 1. The fourth-order valence-corrected chi connectivity index (χ4v) is 6.32. The highest BCUT2D eigenvalue weighted by atomic mass is 16.6. The van der Waals surface area contributed by atoms with Gasteiger partial charge in [0.25, 0.3) is 0 Å². The van der Waals surface area contributed by atoms with Crippen LogP contribution >= 0.6 is 0 Å². The number of aromatic nitrogens is 3. The first-order valence-electron chi connectivity index (χ1n) is 17.9. The van der Waals surface area contributed by atoms with Gasteiger partial charge >= 0.3 is 6.09 Å². The van der Waals surface area contributed by atoms with E-state index in [9.17, 15) is 4.79 Å². The van der Waals surface area contributed by atoms with Crippen LogP contribution in [0.4, 0.5) is 4.79 Å². The van der Waals surface area contributed by atoms with Crippen LogP contribution < -0.4 is 14.2 Å². The summed E-state index contributed by atoms with van der Waals surface area (Å²) in [6.07, 6.45) is 2.44. The quantitative estimate of drug-likeness (QED) is 0.133. The molecular formula is C44H44N4O5. The van der Waals surface area contributed by atoms with E-state index in [1.54, 1.807) is 4.90 Å². The molecule has 2 aromatic heterocycles. The van der Waals surface area contributed by atoms with Crippen LogP contribution in [0, 0.1) is 0 Å². The predicted molar refractivity (Wildman–Crippen MR) is 207 cm³/mol. The lowest BCUT2D eigenvalue weighted by molar-refractivity contribution is 0.0270. The number of amides is 1. The second kappa shape index (κ2) is 15.7. The van der Waals surface area contributed by atoms with Crippen molar-refractivity contribution in [3.8, 4) is 28.8 Å². The highest BCUT2D eigenvalue weighted by molar-refractivity contribution is 6.00. The first-order valence-corrected chi connectivity index (χ1v) is 17.9. The summed E-state index contributed by atoms with van der Waals surface area (Å²) in [4.78, 5) is 19.4. The number of carbonyl (C=O) groups is 1. The van der Waals surface area contributed by atoms with Gasteiger partial charge in [0.15, 0.2) is 5.75 Å². The summed E-state index contributed by atoms with van der Waals surface area (Å²) in [7, 11) is 1.93. The van der Waals surface area contributed by atoms with Crippen molar-refractivity contribution >= 4 is 22.6 Å². The molecule has 0 bridgehead atoms. The molecule has 0 radical (unpaired) electrons. The Hall–Kier alpha value is -6.09. The van der Waals surface area contributed by atoms with Crippen molar-refractivity contribution in [1.29, 1.82) is 0 Å². The maximum absolute atomic E-state index is 12.8. The van der Waals surface area contributed by atoms with Crippen LogP contribution in [-0.4, -0.2) is 44.4 Å². The van der Waals surface area contributed by atoms with E-state index in [0.717, 1.165) is 55.7 Å². The van der Waals surface area contributed by atoms with Crippen molar-refractivity contribution in [2.45, 2.75) is 52.6 Å². The first kappa shape index (κ1) is 35.3. The smallest absolute Gasteiger partial charge is 0.410 e. The van der Waals surface area contributed by atoms with Gasteiger partial charge in [-0.05, 0) is 61.6 Å². The van der Waals surface area contributed by atoms with Crippen molar-refractivity contribution in [2.75, 3.05) is 13.1 Å². The number of ether oxygens (including phenoxy) is 4. The molecule has 1 aliphatic rings. The minimum Gasteiger partial charge on any atom is -0.486 e. The largest absolute Gasteiger partial charge is 0.486 e. The Morgan fingerprint density at radius 2 is 1.30 bits per heavy atom. The van der Waals surface area contributed by atoms with E-state index < -0.39 is 5.60 Å². The van der Waals surface area contributed by atoms with Gasteiger partial charge in [0, 0.05) is 37.2 Å². The molecule has 0 N–H and O–H groups in total. The summed E-state index contributed by atoms with van der Waals surface area (Å²) in [6, 6.07) is 38.1. The Labute approximate surface area is 310 Å². The van der Waals surface area contributed by atoms with E-state index in [1.807, 2.05) is 123 Å². The molecule has 0 saturated heterocycles. The third-order valence-corrected chi connectivity index (χ3v) is 8.93. The van der Waals surface area contributed by atoms with Crippen molar-refractivity contribution < 1.29 is 23.7 Å². The summed E-state index contributed by atoms with van der Waals surface area (Å²) in [5.41, 5.74) is 6.95. The van der Waals surface area contributed by atoms with Crippen molar-refractivity contribution in [2.24, 2.45) is 7.05 Å². The van der Waals surface area contributed by atoms with Crippen LogP contribution in [0.5, 0.6) is 17.5 Å². The molecule has 1 aliphatic heterocycles. The Morgan fingerprint density at radius 1 is 0.717 bits per heavy atom. The Kier molecular flexibility index (Phi) is 10.4. The fraction of sp³-hybridized carbons (Fsp3) is 0.250. The third-order valence-electron chi connectivity index (χ3n) is 8.93. The second-order valence-corrected chi connectivity index (χ2v) is 14.0. The van der Waals surface area contributed by atoms with E-state index in [1.165, 1.54) is 0 Å². The Morgan fingerprint density at radius 3 is 1.89 bits per heavy atom. The van der Waals surface area contributed by atoms with Crippen LogP contribution in [0.15, 0.2) is 121 Å². The number of fused-ring (bicyclic) bond motifs is 1. The molecule has 0 atom stereocenters. The first-order chi connectivity index (χ1) is 25.7. The SMILES string of the molecule is Cn1nc(-c2ccc(OCc3ccccc3)nc2OCc2ccccc2)c2ccc(C3=CCN(C(=O)OC(C)(C)C)CC3)c(OCc3ccccc3)c21. The van der Waals surface area contributed by atoms with E-state index in [0.29, 0.717) is 51.1 Å². The molecule has 3 heterocycles. The number of hydrogen-bond donors (Lipinski definition) is 0. The molecule has 4 aromatic carbocycles. The molecule has 0 fully saturated rings. The van der Waals surface area contributed by atoms with Crippen LogP contribution in [0.25, 0.3) is 27.7 Å². The van der Waals surface area contributed by atoms with Crippen LogP contribution in [-0.2, 0) is 31.6 Å². The lowest BCUT2D eigenvalue weighted by Gasteiger charge is -2.30. The lowest BCUT2D eigenvalue weighted by atomic mass is 9.96. The number of rotatable bonds is 11. The predicted octanol–water partition coefficient (Wildman–Crippen LogP) is 9.40. The molecule has 0 unspecified atom stereocenters. The molecule has 9 nitrogen and oxygen atoms in total. The van der Waals surface area contributed by atoms with Gasteiger partial charge in [-0.25, -0.2) is 4.79 Å². The monoisotopic (exact) mass is 708 g/mol. The van der Waals surface area contributed by atoms with E-state index in [2.05, 4.69) is 30.3 Å². The minimum atomic E-state index is -0.556. The van der Waals surface area contributed by atoms with Crippen molar-refractivity contribution in [3.63, 3.8) is 0 Å². The molecule has 1 amide bonds. The summed E-state index contributed by atoms with van der Waals surface area (Å²) in [5.74, 6) is 1.61. The topological polar surface area (TPSA) is 87.9 Å². The average Bonchev–Trinajstić information content (AvgIpc) is 3.51. The van der Waals surface area contributed by atoms with Crippen LogP contribution in [0.2, 0.25) is 0 Å². The third kappa shape index (κ3) is 8.52. The molecule has 9 heteroatoms. The fourth-order valence-electron chi connectivity index (χ4n) is 6.32. The number of nitrogens with zero attached hydrogens (tertiary/aromatic N) is 4. The second-order valence-electron chi connectivity index (χ2n) is 14.0. The minimum absolute atomic E-state index is 0.310. The molecular weight excluding hydrogens is 665 g/mol. The van der Waals surface area contributed by atoms with Crippen molar-refractivity contribution in [1.82, 2.24) is 19.7 Å². The summed E-state index contributed by atoms with van der Waals surface area (Å²) in [6.45, 7) is 7.73. The standard InChI is InChI=1S/C44H44N4O5/c1-44(2,3)53-43(49)48-26-24-34(25-27-48)35-20-21-36-39(46-47(4)40(36)41(35)51-29-32-16-10-6-11-17-32)37-22-23-38(50-28-31-14-8-5-9-15-31)45-42(37)52-30-33-18-12-7-13-19-33/h5-24H,25-30H2,1-4H3. The molecule has 270 valence electrons. The zero-order valence-electron chi connectivity index (χ0n) is 30.6. The molecule has 0 saturated carbocycles. The zero-order chi connectivity index (χ0) is 36.8. The van der Waals surface area contributed by atoms with Gasteiger partial charge < -0.3 is 23.8 Å². The van der Waals surface area contributed by atoms with Gasteiger partial charge in [-0.1, -0.05) is 103 Å². The van der Waals surface area contributed by atoms with Gasteiger partial charge in [0.2, 0.25) is 11.8 Å². The highest BCUT2D eigenvalue weighted by Gasteiger charge is 2.27. The van der Waals surface area contributed by atoms with Gasteiger partial charge in [-0.2, -0.15) is 10.1 Å². The molecule has 53 heavy (non-hydrogen) atoms. The Balaban J connectivity index is 1.26. The number of carbonyl (C=O) groups excluding carboxylic acids is 1. The lowest BCUT2D eigenvalue weighted by Crippen LogP contribution is -2.39. The molecule has 0 aliphatic carbocycles. The maximum atomic E-state index is 12.8. The summed E-state index contributed by atoms with van der Waals surface area (Å²) in [5, 5.41) is 5.96. The number of benzene rings is 4. The molecule has 6 aromatic rings. The van der Waals surface area contributed by atoms with Crippen LogP contribution in [0.3, 0.4) is 0 Å². The molecule has 0 spiro atoms. The van der Waals surface area contributed by atoms with Gasteiger partial charge in [0.05, 0.1) is 5.56 Å². The Bertz CT molecular complexity index is 2210. The maximum Gasteiger partial charge on any atom is 0.410 e. The normalized spacial score (nSPS) is 13.1. The van der Waals surface area contributed by atoms with E-state index >= 15 is 0 Å². The molecule has 7 rings (SSSR count). The average molecular weight is 709 g/mol. The van der Waals surface area contributed by atoms with E-state index in [-0.39, 0.29) is 6.09 Å². The summed E-state index contributed by atoms with van der Waals surface area (Å²) >= 11 is 0. The van der Waals surface area contributed by atoms with Gasteiger partial charge in [-0.15, -0.1) is 0 Å². The zero-order valence-corrected chi connectivity index (χ0v) is 30.6. The van der Waals surface area contributed by atoms with Crippen LogP contribution in [0.1, 0.15) is 49.4 Å². The summed E-state index contributed by atoms with van der Waals surface area (Å²) < 4.78 is 26.8. The van der Waals surface area contributed by atoms with E-state index in [4.69, 9.17) is 29.0 Å².